The second-order valence-electron chi connectivity index (χ2n) is 7.12. The molecule has 2 N–H and O–H groups in total. The average Bonchev–Trinajstić information content (AvgIpc) is 2.79. The monoisotopic (exact) mass is 538 g/mol. The molecule has 1 fully saturated rings. The molecule has 31 heavy (non-hydrogen) atoms. The summed E-state index contributed by atoms with van der Waals surface area (Å²) >= 11 is 0. The summed E-state index contributed by atoms with van der Waals surface area (Å²) in [4.78, 5) is 18.9. The molecule has 0 spiro atoms. The molecule has 1 amide bonds. The quantitative estimate of drug-likeness (QED) is 0.256. The maximum absolute atomic E-state index is 12.3. The fourth-order valence-corrected chi connectivity index (χ4v) is 3.50. The highest BCUT2D eigenvalue weighted by atomic mass is 127. The predicted octanol–water partition coefficient (Wildman–Crippen LogP) is 3.00. The first-order valence-electron chi connectivity index (χ1n) is 10.2. The zero-order chi connectivity index (χ0) is 21.3. The lowest BCUT2D eigenvalue weighted by atomic mass is 10.0. The van der Waals surface area contributed by atoms with Crippen molar-refractivity contribution < 1.29 is 14.3 Å². The highest BCUT2D eigenvalue weighted by Crippen LogP contribution is 2.24. The number of ether oxygens (including phenoxy) is 2. The third-order valence-corrected chi connectivity index (χ3v) is 5.16. The minimum atomic E-state index is -0.111. The van der Waals surface area contributed by atoms with E-state index in [0.717, 1.165) is 24.8 Å². The van der Waals surface area contributed by atoms with E-state index in [4.69, 9.17) is 9.47 Å². The van der Waals surface area contributed by atoms with Gasteiger partial charge in [0.25, 0.3) is 5.91 Å². The predicted molar refractivity (Wildman–Crippen MR) is 134 cm³/mol. The van der Waals surface area contributed by atoms with E-state index in [2.05, 4.69) is 39.6 Å². The Kier molecular flexibility index (Phi) is 10.1. The van der Waals surface area contributed by atoms with Crippen LogP contribution >= 0.6 is 24.0 Å². The van der Waals surface area contributed by atoms with Gasteiger partial charge in [-0.2, -0.15) is 0 Å². The lowest BCUT2D eigenvalue weighted by Gasteiger charge is -2.35. The third-order valence-electron chi connectivity index (χ3n) is 5.16. The smallest absolute Gasteiger partial charge is 0.251 e. The Bertz CT molecular complexity index is 873. The average molecular weight is 538 g/mol. The van der Waals surface area contributed by atoms with Crippen molar-refractivity contribution in [2.75, 3.05) is 46.9 Å². The van der Waals surface area contributed by atoms with Crippen LogP contribution in [0, 0.1) is 6.92 Å². The van der Waals surface area contributed by atoms with Crippen LogP contribution in [0.1, 0.15) is 27.6 Å². The Morgan fingerprint density at radius 1 is 1.16 bits per heavy atom. The molecule has 2 aromatic rings. The molecular weight excluding hydrogens is 507 g/mol. The van der Waals surface area contributed by atoms with Crippen molar-refractivity contribution in [3.63, 3.8) is 0 Å². The number of methoxy groups -OCH3 is 1. The number of nitrogens with zero attached hydrogens (tertiary/aromatic N) is 2. The molecule has 168 valence electrons. The number of aryl methyl sites for hydroxylation is 1. The highest BCUT2D eigenvalue weighted by Gasteiger charge is 2.25. The van der Waals surface area contributed by atoms with Gasteiger partial charge in [-0.25, -0.2) is 0 Å². The summed E-state index contributed by atoms with van der Waals surface area (Å²) in [6.45, 7) is 5.35. The fourth-order valence-electron chi connectivity index (χ4n) is 3.50. The van der Waals surface area contributed by atoms with E-state index in [-0.39, 0.29) is 36.0 Å². The molecule has 1 unspecified atom stereocenters. The Morgan fingerprint density at radius 3 is 2.55 bits per heavy atom. The first kappa shape index (κ1) is 24.9. The molecule has 0 aromatic heterocycles. The van der Waals surface area contributed by atoms with Crippen LogP contribution in [-0.2, 0) is 4.74 Å². The molecule has 7 nitrogen and oxygen atoms in total. The maximum Gasteiger partial charge on any atom is 0.251 e. The summed E-state index contributed by atoms with van der Waals surface area (Å²) in [7, 11) is 3.38. The van der Waals surface area contributed by atoms with Crippen LogP contribution in [0.3, 0.4) is 0 Å². The van der Waals surface area contributed by atoms with Gasteiger partial charge in [-0.05, 0) is 42.3 Å². The van der Waals surface area contributed by atoms with Crippen molar-refractivity contribution in [1.29, 1.82) is 0 Å². The number of rotatable bonds is 6. The van der Waals surface area contributed by atoms with Crippen LogP contribution in [0.15, 0.2) is 53.5 Å². The van der Waals surface area contributed by atoms with Gasteiger partial charge >= 0.3 is 0 Å². The number of guanidine groups is 1. The van der Waals surface area contributed by atoms with Gasteiger partial charge in [-0.1, -0.05) is 24.3 Å². The number of halogens is 1. The van der Waals surface area contributed by atoms with Gasteiger partial charge < -0.3 is 25.0 Å². The van der Waals surface area contributed by atoms with Gasteiger partial charge in [-0.3, -0.25) is 9.79 Å². The van der Waals surface area contributed by atoms with Crippen LogP contribution in [0.5, 0.6) is 5.75 Å². The fraction of sp³-hybridized carbons (Fsp3) is 0.391. The molecule has 1 aliphatic heterocycles. The van der Waals surface area contributed by atoms with E-state index in [1.807, 2.05) is 12.1 Å². The number of benzene rings is 2. The number of carbonyl (C=O) groups excluding carboxylic acids is 1. The molecule has 1 atom stereocenters. The van der Waals surface area contributed by atoms with Gasteiger partial charge in [0, 0.05) is 32.2 Å². The summed E-state index contributed by atoms with van der Waals surface area (Å²) in [5, 5.41) is 6.26. The normalized spacial score (nSPS) is 16.3. The zero-order valence-corrected chi connectivity index (χ0v) is 20.6. The maximum atomic E-state index is 12.3. The summed E-state index contributed by atoms with van der Waals surface area (Å²) in [5.41, 5.74) is 3.05. The second-order valence-corrected chi connectivity index (χ2v) is 7.12. The van der Waals surface area contributed by atoms with Crippen LogP contribution in [0.25, 0.3) is 0 Å². The van der Waals surface area contributed by atoms with Crippen LogP contribution < -0.4 is 15.4 Å². The van der Waals surface area contributed by atoms with E-state index < -0.39 is 0 Å². The minimum Gasteiger partial charge on any atom is -0.497 e. The highest BCUT2D eigenvalue weighted by molar-refractivity contribution is 14.0. The van der Waals surface area contributed by atoms with E-state index >= 15 is 0 Å². The molecule has 1 heterocycles. The molecule has 0 bridgehead atoms. The van der Waals surface area contributed by atoms with E-state index in [1.165, 1.54) is 11.1 Å². The Morgan fingerprint density at radius 2 is 1.87 bits per heavy atom. The van der Waals surface area contributed by atoms with Gasteiger partial charge in [-0.15, -0.1) is 24.0 Å². The van der Waals surface area contributed by atoms with Crippen molar-refractivity contribution in [3.8, 4) is 5.75 Å². The summed E-state index contributed by atoms with van der Waals surface area (Å²) in [6.07, 6.45) is 0.0216. The minimum absolute atomic E-state index is 0. The van der Waals surface area contributed by atoms with Gasteiger partial charge in [0.2, 0.25) is 0 Å². The van der Waals surface area contributed by atoms with Crippen LogP contribution in [-0.4, -0.2) is 63.7 Å². The second kappa shape index (κ2) is 12.5. The Hall–Kier alpha value is -2.33. The standard InChI is InChI=1S/C23H30N4O3.HI/c1-17-6-4-5-7-20(17)21-16-27(14-15-30-21)23(24-2)26-13-12-25-22(28)18-8-10-19(29-3)11-9-18;/h4-11,21H,12-16H2,1-3H3,(H,24,26)(H,25,28);1H. The number of amides is 1. The Balaban J connectivity index is 0.00000341. The summed E-state index contributed by atoms with van der Waals surface area (Å²) < 4.78 is 11.1. The van der Waals surface area contributed by atoms with Gasteiger partial charge in [0.15, 0.2) is 5.96 Å². The molecule has 0 radical (unpaired) electrons. The van der Waals surface area contributed by atoms with Crippen LogP contribution in [0.4, 0.5) is 0 Å². The molecule has 2 aromatic carbocycles. The third kappa shape index (κ3) is 6.83. The van der Waals surface area contributed by atoms with Gasteiger partial charge in [0.1, 0.15) is 11.9 Å². The van der Waals surface area contributed by atoms with E-state index in [9.17, 15) is 4.79 Å². The van der Waals surface area contributed by atoms with Crippen molar-refractivity contribution in [3.05, 3.63) is 65.2 Å². The van der Waals surface area contributed by atoms with Crippen LogP contribution in [0.2, 0.25) is 0 Å². The number of nitrogens with one attached hydrogen (secondary N) is 2. The van der Waals surface area contributed by atoms with Gasteiger partial charge in [0.05, 0.1) is 20.3 Å². The first-order chi connectivity index (χ1) is 14.6. The Labute approximate surface area is 201 Å². The molecule has 0 saturated carbocycles. The summed E-state index contributed by atoms with van der Waals surface area (Å²) in [5.74, 6) is 1.43. The summed E-state index contributed by atoms with van der Waals surface area (Å²) in [6, 6.07) is 15.4. The molecule has 3 rings (SSSR count). The lowest BCUT2D eigenvalue weighted by Crippen LogP contribution is -2.49. The lowest BCUT2D eigenvalue weighted by molar-refractivity contribution is -0.00829. The molecule has 8 heteroatoms. The van der Waals surface area contributed by atoms with E-state index in [1.54, 1.807) is 38.4 Å². The van der Waals surface area contributed by atoms with Crippen molar-refractivity contribution in [1.82, 2.24) is 15.5 Å². The number of aliphatic imine (C=N–C) groups is 1. The SMILES string of the molecule is CN=C(NCCNC(=O)c1ccc(OC)cc1)N1CCOC(c2ccccc2C)C1.I. The number of morpholine rings is 1. The number of hydrogen-bond donors (Lipinski definition) is 2. The molecule has 1 saturated heterocycles. The largest absolute Gasteiger partial charge is 0.497 e. The van der Waals surface area contributed by atoms with E-state index in [0.29, 0.717) is 25.3 Å². The topological polar surface area (TPSA) is 75.2 Å². The molecule has 1 aliphatic rings. The number of carbonyl (C=O) groups is 1. The van der Waals surface area contributed by atoms with Crippen molar-refractivity contribution in [2.24, 2.45) is 4.99 Å². The first-order valence-corrected chi connectivity index (χ1v) is 10.2. The zero-order valence-electron chi connectivity index (χ0n) is 18.3. The van der Waals surface area contributed by atoms with Crippen molar-refractivity contribution in [2.45, 2.75) is 13.0 Å². The van der Waals surface area contributed by atoms with Crippen molar-refractivity contribution >= 4 is 35.8 Å². The number of hydrogen-bond acceptors (Lipinski definition) is 4. The molecule has 0 aliphatic carbocycles. The molecular formula is C23H31IN4O3.